The van der Waals surface area contributed by atoms with E-state index in [1.165, 1.54) is 6.33 Å². The van der Waals surface area contributed by atoms with Crippen molar-refractivity contribution in [3.8, 4) is 0 Å². The van der Waals surface area contributed by atoms with Crippen LogP contribution in [0.1, 0.15) is 22.9 Å². The Morgan fingerprint density at radius 3 is 3.00 bits per heavy atom. The van der Waals surface area contributed by atoms with Crippen molar-refractivity contribution in [3.63, 3.8) is 0 Å². The van der Waals surface area contributed by atoms with Crippen LogP contribution in [0.2, 0.25) is 0 Å². The molecule has 0 aliphatic rings. The van der Waals surface area contributed by atoms with E-state index in [2.05, 4.69) is 20.4 Å². The molecular weight excluding hydrogens is 294 g/mol. The van der Waals surface area contributed by atoms with Crippen LogP contribution in [0.25, 0.3) is 5.78 Å². The number of hydrogen-bond donors (Lipinski definition) is 2. The van der Waals surface area contributed by atoms with Gasteiger partial charge in [0.05, 0.1) is 18.4 Å². The lowest BCUT2D eigenvalue weighted by atomic mass is 10.1. The molecule has 1 atom stereocenters. The highest BCUT2D eigenvalue weighted by molar-refractivity contribution is 5.45. The highest BCUT2D eigenvalue weighted by Gasteiger charge is 2.11. The van der Waals surface area contributed by atoms with Crippen molar-refractivity contribution in [2.45, 2.75) is 19.6 Å². The molecule has 0 aliphatic heterocycles. The number of hydrogen-bond acceptors (Lipinski definition) is 6. The molecule has 0 bridgehead atoms. The molecule has 0 spiro atoms. The van der Waals surface area contributed by atoms with Gasteiger partial charge in [-0.15, -0.1) is 0 Å². The van der Waals surface area contributed by atoms with Crippen LogP contribution in [0.15, 0.2) is 36.7 Å². The molecule has 2 heterocycles. The second kappa shape index (κ2) is 6.72. The maximum absolute atomic E-state index is 10.4. The lowest BCUT2D eigenvalue weighted by molar-refractivity contribution is 0.181. The van der Waals surface area contributed by atoms with Gasteiger partial charge in [0.25, 0.3) is 5.78 Å². The van der Waals surface area contributed by atoms with Gasteiger partial charge >= 0.3 is 0 Å². The molecule has 3 aromatic rings. The highest BCUT2D eigenvalue weighted by atomic mass is 16.5. The van der Waals surface area contributed by atoms with Crippen molar-refractivity contribution in [3.05, 3.63) is 53.5 Å². The first-order valence-electron chi connectivity index (χ1n) is 7.34. The summed E-state index contributed by atoms with van der Waals surface area (Å²) in [5.41, 5.74) is 2.74. The van der Waals surface area contributed by atoms with Crippen LogP contribution in [0.3, 0.4) is 0 Å². The number of anilines is 1. The first kappa shape index (κ1) is 15.4. The number of aliphatic hydroxyl groups excluding tert-OH is 1. The van der Waals surface area contributed by atoms with E-state index in [1.54, 1.807) is 11.6 Å². The third-order valence-electron chi connectivity index (χ3n) is 3.50. The van der Waals surface area contributed by atoms with Crippen molar-refractivity contribution < 1.29 is 9.84 Å². The highest BCUT2D eigenvalue weighted by Crippen LogP contribution is 2.17. The molecule has 23 heavy (non-hydrogen) atoms. The summed E-state index contributed by atoms with van der Waals surface area (Å²) in [5, 5.41) is 17.7. The van der Waals surface area contributed by atoms with E-state index in [9.17, 15) is 5.11 Å². The van der Waals surface area contributed by atoms with Gasteiger partial charge in [0.15, 0.2) is 0 Å². The predicted molar refractivity (Wildman–Crippen MR) is 86.1 cm³/mol. The molecule has 0 fully saturated rings. The molecule has 0 saturated carbocycles. The summed E-state index contributed by atoms with van der Waals surface area (Å²) >= 11 is 0. The number of aryl methyl sites for hydroxylation is 1. The zero-order valence-corrected chi connectivity index (χ0v) is 13.1. The van der Waals surface area contributed by atoms with E-state index in [-0.39, 0.29) is 0 Å². The summed E-state index contributed by atoms with van der Waals surface area (Å²) in [5.74, 6) is 1.21. The number of aliphatic hydroxyl groups is 1. The first-order chi connectivity index (χ1) is 11.2. The van der Waals surface area contributed by atoms with Gasteiger partial charge in [-0.2, -0.15) is 14.6 Å². The number of methoxy groups -OCH3 is 1. The zero-order valence-electron chi connectivity index (χ0n) is 13.1. The number of nitrogens with one attached hydrogen (secondary N) is 1. The maximum atomic E-state index is 10.4. The van der Waals surface area contributed by atoms with Crippen LogP contribution in [0.4, 0.5) is 5.82 Å². The Kier molecular flexibility index (Phi) is 4.50. The van der Waals surface area contributed by atoms with E-state index >= 15 is 0 Å². The summed E-state index contributed by atoms with van der Waals surface area (Å²) in [6.45, 7) is 2.75. The SMILES string of the molecule is COCc1cc(NCC(O)c2cccc(C)c2)n2ncnc2n1. The number of rotatable bonds is 6. The summed E-state index contributed by atoms with van der Waals surface area (Å²) in [6.07, 6.45) is 0.827. The smallest absolute Gasteiger partial charge is 0.254 e. The van der Waals surface area contributed by atoms with Gasteiger partial charge in [0.2, 0.25) is 0 Å². The molecule has 7 heteroatoms. The second-order valence-corrected chi connectivity index (χ2v) is 5.35. The van der Waals surface area contributed by atoms with E-state index in [1.807, 2.05) is 37.3 Å². The molecule has 120 valence electrons. The molecule has 0 aliphatic carbocycles. The van der Waals surface area contributed by atoms with E-state index < -0.39 is 6.10 Å². The number of benzene rings is 1. The molecule has 0 saturated heterocycles. The van der Waals surface area contributed by atoms with Crippen LogP contribution in [-0.4, -0.2) is 38.3 Å². The fraction of sp³-hybridized carbons (Fsp3) is 0.312. The molecule has 1 unspecified atom stereocenters. The van der Waals surface area contributed by atoms with Crippen LogP contribution in [0, 0.1) is 6.92 Å². The van der Waals surface area contributed by atoms with Crippen LogP contribution < -0.4 is 5.32 Å². The summed E-state index contributed by atoms with van der Waals surface area (Å²) in [4.78, 5) is 8.45. The van der Waals surface area contributed by atoms with E-state index in [0.717, 1.165) is 16.8 Å². The average molecular weight is 313 g/mol. The fourth-order valence-corrected chi connectivity index (χ4v) is 2.41. The quantitative estimate of drug-likeness (QED) is 0.721. The van der Waals surface area contributed by atoms with Crippen LogP contribution in [0.5, 0.6) is 0 Å². The van der Waals surface area contributed by atoms with Gasteiger partial charge in [0, 0.05) is 19.7 Å². The third kappa shape index (κ3) is 3.46. The van der Waals surface area contributed by atoms with Crippen molar-refractivity contribution in [2.75, 3.05) is 19.0 Å². The van der Waals surface area contributed by atoms with Crippen LogP contribution >= 0.6 is 0 Å². The Balaban J connectivity index is 1.79. The van der Waals surface area contributed by atoms with Gasteiger partial charge in [-0.05, 0) is 12.5 Å². The predicted octanol–water partition coefficient (Wildman–Crippen LogP) is 1.72. The molecular formula is C16H19N5O2. The summed E-state index contributed by atoms with van der Waals surface area (Å²) in [6, 6.07) is 9.66. The third-order valence-corrected chi connectivity index (χ3v) is 3.50. The van der Waals surface area contributed by atoms with Gasteiger partial charge in [0.1, 0.15) is 12.1 Å². The van der Waals surface area contributed by atoms with Crippen molar-refractivity contribution in [2.24, 2.45) is 0 Å². The maximum Gasteiger partial charge on any atom is 0.254 e. The minimum Gasteiger partial charge on any atom is -0.387 e. The van der Waals surface area contributed by atoms with Crippen molar-refractivity contribution >= 4 is 11.6 Å². The fourth-order valence-electron chi connectivity index (χ4n) is 2.41. The molecule has 1 aromatic carbocycles. The van der Waals surface area contributed by atoms with Crippen molar-refractivity contribution in [1.82, 2.24) is 19.6 Å². The van der Waals surface area contributed by atoms with Gasteiger partial charge in [-0.25, -0.2) is 4.98 Å². The van der Waals surface area contributed by atoms with Crippen molar-refractivity contribution in [1.29, 1.82) is 0 Å². The first-order valence-corrected chi connectivity index (χ1v) is 7.34. The molecule has 2 N–H and O–H groups in total. The number of fused-ring (bicyclic) bond motifs is 1. The Bertz CT molecular complexity index is 802. The Morgan fingerprint density at radius 1 is 1.35 bits per heavy atom. The monoisotopic (exact) mass is 313 g/mol. The topological polar surface area (TPSA) is 84.6 Å². The minimum atomic E-state index is -0.618. The number of aromatic nitrogens is 4. The van der Waals surface area contributed by atoms with Crippen LogP contribution in [-0.2, 0) is 11.3 Å². The number of nitrogens with zero attached hydrogens (tertiary/aromatic N) is 4. The Morgan fingerprint density at radius 2 is 2.22 bits per heavy atom. The van der Waals surface area contributed by atoms with Gasteiger partial charge < -0.3 is 15.2 Å². The molecule has 7 nitrogen and oxygen atoms in total. The summed E-state index contributed by atoms with van der Waals surface area (Å²) in [7, 11) is 1.62. The zero-order chi connectivity index (χ0) is 16.2. The largest absolute Gasteiger partial charge is 0.387 e. The van der Waals surface area contributed by atoms with E-state index in [0.29, 0.717) is 24.7 Å². The number of ether oxygens (including phenoxy) is 1. The Labute approximate surface area is 134 Å². The van der Waals surface area contributed by atoms with Gasteiger partial charge in [-0.3, -0.25) is 0 Å². The molecule has 0 radical (unpaired) electrons. The average Bonchev–Trinajstić information content (AvgIpc) is 3.01. The van der Waals surface area contributed by atoms with Gasteiger partial charge in [-0.1, -0.05) is 29.8 Å². The molecule has 3 rings (SSSR count). The second-order valence-electron chi connectivity index (χ2n) is 5.35. The lowest BCUT2D eigenvalue weighted by Crippen LogP contribution is -2.15. The standard InChI is InChI=1S/C16H19N5O2/c1-11-4-3-5-12(6-11)14(22)8-17-15-7-13(9-23-2)20-16-18-10-19-21(15)16/h3-7,10,14,17,22H,8-9H2,1-2H3. The molecule has 0 amide bonds. The summed E-state index contributed by atoms with van der Waals surface area (Å²) < 4.78 is 6.72. The minimum absolute atomic E-state index is 0.356. The lowest BCUT2D eigenvalue weighted by Gasteiger charge is -2.14. The Hall–Kier alpha value is -2.51. The van der Waals surface area contributed by atoms with E-state index in [4.69, 9.17) is 4.74 Å². The normalized spacial score (nSPS) is 12.5. The molecule has 2 aromatic heterocycles.